The Balaban J connectivity index is 1.83. The molecule has 0 saturated heterocycles. The first kappa shape index (κ1) is 11.2. The van der Waals surface area contributed by atoms with Crippen molar-refractivity contribution in [2.45, 2.75) is 37.2 Å². The molecule has 0 amide bonds. The average Bonchev–Trinajstić information content (AvgIpc) is 3.02. The van der Waals surface area contributed by atoms with Gasteiger partial charge in [0.05, 0.1) is 5.60 Å². The fraction of sp³-hybridized carbons (Fsp3) is 0.353. The minimum absolute atomic E-state index is 0.160. The molecule has 2 aliphatic carbocycles. The van der Waals surface area contributed by atoms with E-state index in [2.05, 4.69) is 29.2 Å². The average molecular weight is 251 g/mol. The maximum Gasteiger partial charge on any atom is 0.0985 e. The molecule has 2 aliphatic rings. The van der Waals surface area contributed by atoms with Crippen molar-refractivity contribution >= 4 is 0 Å². The van der Waals surface area contributed by atoms with Crippen LogP contribution in [-0.2, 0) is 18.4 Å². The smallest absolute Gasteiger partial charge is 0.0985 e. The van der Waals surface area contributed by atoms with Gasteiger partial charge in [0.2, 0.25) is 0 Å². The standard InChI is InChI=1S/C17H17NO/c19-17(10-9-12-4-1-2-6-14(12)17)15-8-7-13-5-3-11-18-16(13)15/h1-6,11,15,19H,7-10H2. The number of aliphatic hydroxyl groups is 1. The normalized spacial score (nSPS) is 28.2. The second-order valence-corrected chi connectivity index (χ2v) is 5.72. The number of pyridine rings is 1. The molecule has 1 aromatic heterocycles. The van der Waals surface area contributed by atoms with Crippen molar-refractivity contribution in [1.82, 2.24) is 4.98 Å². The van der Waals surface area contributed by atoms with E-state index in [0.29, 0.717) is 0 Å². The Morgan fingerprint density at radius 3 is 2.84 bits per heavy atom. The number of rotatable bonds is 1. The molecular formula is C17H17NO. The molecule has 2 atom stereocenters. The molecule has 0 spiro atoms. The first-order valence-electron chi connectivity index (χ1n) is 7.03. The van der Waals surface area contributed by atoms with E-state index in [1.165, 1.54) is 11.1 Å². The maximum atomic E-state index is 11.2. The summed E-state index contributed by atoms with van der Waals surface area (Å²) in [5.41, 5.74) is 4.14. The number of benzene rings is 1. The SMILES string of the molecule is OC1(C2CCc3cccnc32)CCc2ccccc21. The fourth-order valence-electron chi connectivity index (χ4n) is 3.86. The van der Waals surface area contributed by atoms with Crippen LogP contribution in [0, 0.1) is 0 Å². The molecule has 0 radical (unpaired) electrons. The lowest BCUT2D eigenvalue weighted by Crippen LogP contribution is -2.30. The summed E-state index contributed by atoms with van der Waals surface area (Å²) in [6.45, 7) is 0. The molecule has 2 aromatic rings. The zero-order valence-corrected chi connectivity index (χ0v) is 10.8. The lowest BCUT2D eigenvalue weighted by Gasteiger charge is -2.31. The Kier molecular flexibility index (Phi) is 2.30. The van der Waals surface area contributed by atoms with Crippen molar-refractivity contribution in [2.24, 2.45) is 0 Å². The third-order valence-corrected chi connectivity index (χ3v) is 4.79. The Labute approximate surface area is 113 Å². The third kappa shape index (κ3) is 1.50. The molecule has 19 heavy (non-hydrogen) atoms. The second kappa shape index (κ2) is 3.91. The van der Waals surface area contributed by atoms with Crippen LogP contribution in [0.2, 0.25) is 0 Å². The van der Waals surface area contributed by atoms with E-state index in [-0.39, 0.29) is 5.92 Å². The summed E-state index contributed by atoms with van der Waals surface area (Å²) in [5.74, 6) is 0.160. The molecule has 0 saturated carbocycles. The minimum atomic E-state index is -0.712. The van der Waals surface area contributed by atoms with Crippen molar-refractivity contribution in [2.75, 3.05) is 0 Å². The van der Waals surface area contributed by atoms with Gasteiger partial charge in [-0.25, -0.2) is 0 Å². The minimum Gasteiger partial charge on any atom is -0.384 e. The van der Waals surface area contributed by atoms with Crippen LogP contribution in [0.25, 0.3) is 0 Å². The monoisotopic (exact) mass is 251 g/mol. The van der Waals surface area contributed by atoms with E-state index in [4.69, 9.17) is 0 Å². The fourth-order valence-corrected chi connectivity index (χ4v) is 3.86. The number of fused-ring (bicyclic) bond motifs is 2. The van der Waals surface area contributed by atoms with Gasteiger partial charge in [-0.1, -0.05) is 30.3 Å². The summed E-state index contributed by atoms with van der Waals surface area (Å²) >= 11 is 0. The van der Waals surface area contributed by atoms with Crippen molar-refractivity contribution in [3.8, 4) is 0 Å². The summed E-state index contributed by atoms with van der Waals surface area (Å²) < 4.78 is 0. The lowest BCUT2D eigenvalue weighted by molar-refractivity contribution is 0.00804. The van der Waals surface area contributed by atoms with Crippen LogP contribution < -0.4 is 0 Å². The van der Waals surface area contributed by atoms with Crippen LogP contribution in [0.3, 0.4) is 0 Å². The molecule has 0 fully saturated rings. The molecule has 2 nitrogen and oxygen atoms in total. The van der Waals surface area contributed by atoms with Crippen LogP contribution in [-0.4, -0.2) is 10.1 Å². The summed E-state index contributed by atoms with van der Waals surface area (Å²) in [6, 6.07) is 12.5. The van der Waals surface area contributed by atoms with E-state index in [0.717, 1.165) is 36.9 Å². The highest BCUT2D eigenvalue weighted by Gasteiger charge is 2.46. The highest BCUT2D eigenvalue weighted by molar-refractivity contribution is 5.42. The van der Waals surface area contributed by atoms with Gasteiger partial charge in [-0.2, -0.15) is 0 Å². The summed E-state index contributed by atoms with van der Waals surface area (Å²) in [4.78, 5) is 4.54. The van der Waals surface area contributed by atoms with Crippen LogP contribution in [0.1, 0.15) is 41.1 Å². The van der Waals surface area contributed by atoms with Gasteiger partial charge >= 0.3 is 0 Å². The zero-order valence-electron chi connectivity index (χ0n) is 10.8. The number of nitrogens with zero attached hydrogens (tertiary/aromatic N) is 1. The Morgan fingerprint density at radius 2 is 1.89 bits per heavy atom. The molecule has 0 aliphatic heterocycles. The number of aromatic nitrogens is 1. The predicted molar refractivity (Wildman–Crippen MR) is 74.0 cm³/mol. The first-order valence-corrected chi connectivity index (χ1v) is 7.03. The van der Waals surface area contributed by atoms with Gasteiger partial charge in [-0.05, 0) is 48.4 Å². The Hall–Kier alpha value is -1.67. The maximum absolute atomic E-state index is 11.2. The van der Waals surface area contributed by atoms with Gasteiger partial charge in [-0.3, -0.25) is 4.98 Å². The lowest BCUT2D eigenvalue weighted by atomic mass is 9.80. The van der Waals surface area contributed by atoms with Gasteiger partial charge in [0.1, 0.15) is 0 Å². The van der Waals surface area contributed by atoms with Crippen LogP contribution in [0.5, 0.6) is 0 Å². The van der Waals surface area contributed by atoms with Crippen LogP contribution >= 0.6 is 0 Å². The molecule has 1 aromatic carbocycles. The number of hydrogen-bond acceptors (Lipinski definition) is 2. The largest absolute Gasteiger partial charge is 0.384 e. The van der Waals surface area contributed by atoms with Crippen molar-refractivity contribution in [3.63, 3.8) is 0 Å². The van der Waals surface area contributed by atoms with Gasteiger partial charge < -0.3 is 5.11 Å². The highest BCUT2D eigenvalue weighted by atomic mass is 16.3. The van der Waals surface area contributed by atoms with Crippen molar-refractivity contribution < 1.29 is 5.11 Å². The Morgan fingerprint density at radius 1 is 1.05 bits per heavy atom. The molecule has 2 unspecified atom stereocenters. The summed E-state index contributed by atoms with van der Waals surface area (Å²) in [6.07, 6.45) is 5.70. The second-order valence-electron chi connectivity index (χ2n) is 5.72. The molecule has 96 valence electrons. The quantitative estimate of drug-likeness (QED) is 0.845. The Bertz CT molecular complexity index is 637. The third-order valence-electron chi connectivity index (χ3n) is 4.79. The topological polar surface area (TPSA) is 33.1 Å². The summed E-state index contributed by atoms with van der Waals surface area (Å²) in [5, 5.41) is 11.2. The first-order chi connectivity index (χ1) is 9.29. The van der Waals surface area contributed by atoms with E-state index >= 15 is 0 Å². The number of aryl methyl sites for hydroxylation is 2. The van der Waals surface area contributed by atoms with Crippen molar-refractivity contribution in [3.05, 3.63) is 65.0 Å². The van der Waals surface area contributed by atoms with E-state index in [9.17, 15) is 5.11 Å². The molecule has 0 bridgehead atoms. The van der Waals surface area contributed by atoms with Gasteiger partial charge in [0.15, 0.2) is 0 Å². The molecule has 1 heterocycles. The van der Waals surface area contributed by atoms with Crippen molar-refractivity contribution in [1.29, 1.82) is 0 Å². The summed E-state index contributed by atoms with van der Waals surface area (Å²) in [7, 11) is 0. The molecule has 1 N–H and O–H groups in total. The van der Waals surface area contributed by atoms with E-state index in [1.54, 1.807) is 0 Å². The predicted octanol–water partition coefficient (Wildman–Crippen LogP) is 2.95. The zero-order chi connectivity index (χ0) is 12.9. The van der Waals surface area contributed by atoms with Crippen LogP contribution in [0.15, 0.2) is 42.6 Å². The van der Waals surface area contributed by atoms with E-state index < -0.39 is 5.60 Å². The van der Waals surface area contributed by atoms with Gasteiger partial charge in [-0.15, -0.1) is 0 Å². The molecule has 4 rings (SSSR count). The van der Waals surface area contributed by atoms with E-state index in [1.807, 2.05) is 18.3 Å². The molecule has 2 heteroatoms. The van der Waals surface area contributed by atoms with Crippen LogP contribution in [0.4, 0.5) is 0 Å². The molecular weight excluding hydrogens is 234 g/mol. The van der Waals surface area contributed by atoms with Gasteiger partial charge in [0, 0.05) is 17.8 Å². The van der Waals surface area contributed by atoms with Gasteiger partial charge in [0.25, 0.3) is 0 Å². The number of hydrogen-bond donors (Lipinski definition) is 1. The highest BCUT2D eigenvalue weighted by Crippen LogP contribution is 2.50.